The number of carbonyl (C=O) groups excluding carboxylic acids is 2. The highest BCUT2D eigenvalue weighted by atomic mass is 16.3. The van der Waals surface area contributed by atoms with Crippen LogP contribution in [0.2, 0.25) is 0 Å². The van der Waals surface area contributed by atoms with E-state index in [0.29, 0.717) is 24.1 Å². The lowest BCUT2D eigenvalue weighted by atomic mass is 10.1. The fourth-order valence-electron chi connectivity index (χ4n) is 3.44. The van der Waals surface area contributed by atoms with Gasteiger partial charge in [-0.25, -0.2) is 0 Å². The Kier molecular flexibility index (Phi) is 3.90. The smallest absolute Gasteiger partial charge is 0.261 e. The molecule has 4 rings (SSSR count). The molecule has 2 aromatic rings. The molecule has 2 aliphatic rings. The van der Waals surface area contributed by atoms with Gasteiger partial charge in [0.25, 0.3) is 11.8 Å². The number of hydrogen-bond donors (Lipinski definition) is 2. The van der Waals surface area contributed by atoms with Gasteiger partial charge in [-0.15, -0.1) is 0 Å². The summed E-state index contributed by atoms with van der Waals surface area (Å²) in [6.07, 6.45) is 1.37. The van der Waals surface area contributed by atoms with E-state index >= 15 is 0 Å². The zero-order valence-corrected chi connectivity index (χ0v) is 13.8. The van der Waals surface area contributed by atoms with Crippen molar-refractivity contribution in [2.75, 3.05) is 13.1 Å². The number of rotatable bonds is 6. The van der Waals surface area contributed by atoms with Crippen LogP contribution in [0.3, 0.4) is 0 Å². The first-order valence-corrected chi connectivity index (χ1v) is 8.55. The molecule has 0 radical (unpaired) electrons. The topological polar surface area (TPSA) is 69.6 Å². The van der Waals surface area contributed by atoms with E-state index in [4.69, 9.17) is 0 Å². The number of amides is 2. The maximum Gasteiger partial charge on any atom is 0.261 e. The summed E-state index contributed by atoms with van der Waals surface area (Å²) in [5.41, 5.74) is 1.13. The Morgan fingerprint density at radius 2 is 1.60 bits per heavy atom. The number of imide groups is 1. The third-order valence-corrected chi connectivity index (χ3v) is 5.04. The summed E-state index contributed by atoms with van der Waals surface area (Å²) in [7, 11) is 0. The average molecular weight is 336 g/mol. The predicted molar refractivity (Wildman–Crippen MR) is 93.0 cm³/mol. The molecule has 1 aliphatic carbocycles. The molecule has 0 aromatic heterocycles. The maximum atomic E-state index is 12.4. The third kappa shape index (κ3) is 2.97. The highest BCUT2D eigenvalue weighted by Gasteiger charge is 2.55. The molecule has 128 valence electrons. The van der Waals surface area contributed by atoms with E-state index in [9.17, 15) is 14.7 Å². The minimum atomic E-state index is -0.982. The second kappa shape index (κ2) is 6.10. The lowest BCUT2D eigenvalue weighted by Crippen LogP contribution is -2.39. The molecule has 2 N–H and O–H groups in total. The maximum absolute atomic E-state index is 12.4. The van der Waals surface area contributed by atoms with E-state index in [0.717, 1.165) is 6.42 Å². The predicted octanol–water partition coefficient (Wildman–Crippen LogP) is 1.82. The first-order chi connectivity index (χ1) is 12.1. The molecule has 0 saturated heterocycles. The molecule has 1 saturated carbocycles. The van der Waals surface area contributed by atoms with Crippen LogP contribution in [-0.4, -0.2) is 40.6 Å². The van der Waals surface area contributed by atoms with E-state index in [-0.39, 0.29) is 24.3 Å². The van der Waals surface area contributed by atoms with Crippen molar-refractivity contribution < 1.29 is 14.7 Å². The molecule has 0 bridgehead atoms. The van der Waals surface area contributed by atoms with Gasteiger partial charge in [-0.05, 0) is 30.5 Å². The van der Waals surface area contributed by atoms with Gasteiger partial charge in [0.05, 0.1) is 11.1 Å². The number of hydrogen-bond acceptors (Lipinski definition) is 4. The standard InChI is InChI=1S/C20H20N2O3/c23-18-16-8-4-5-9-17(16)19(24)22(18)13-15-12-20(15,25)21-11-10-14-6-2-1-3-7-14/h1-9,15,21,25H,10-13H2. The van der Waals surface area contributed by atoms with Gasteiger partial charge in [-0.3, -0.25) is 19.8 Å². The molecule has 2 aromatic carbocycles. The van der Waals surface area contributed by atoms with Crippen molar-refractivity contribution in [1.29, 1.82) is 0 Å². The highest BCUT2D eigenvalue weighted by Crippen LogP contribution is 2.42. The quantitative estimate of drug-likeness (QED) is 0.624. The molecule has 2 amide bonds. The minimum Gasteiger partial charge on any atom is -0.375 e. The normalized spacial score (nSPS) is 24.5. The molecular formula is C20H20N2O3. The van der Waals surface area contributed by atoms with Crippen LogP contribution in [-0.2, 0) is 6.42 Å². The van der Waals surface area contributed by atoms with Crippen LogP contribution in [0.25, 0.3) is 0 Å². The summed E-state index contributed by atoms with van der Waals surface area (Å²) >= 11 is 0. The number of benzene rings is 2. The molecule has 2 unspecified atom stereocenters. The Morgan fingerprint density at radius 3 is 2.24 bits per heavy atom. The van der Waals surface area contributed by atoms with Crippen molar-refractivity contribution in [1.82, 2.24) is 10.2 Å². The van der Waals surface area contributed by atoms with E-state index in [2.05, 4.69) is 17.4 Å². The van der Waals surface area contributed by atoms with E-state index in [1.165, 1.54) is 10.5 Å². The minimum absolute atomic E-state index is 0.120. The van der Waals surface area contributed by atoms with E-state index in [1.807, 2.05) is 18.2 Å². The molecule has 0 spiro atoms. The summed E-state index contributed by atoms with van der Waals surface area (Å²) in [4.78, 5) is 26.0. The van der Waals surface area contributed by atoms with Crippen molar-refractivity contribution in [3.05, 3.63) is 71.3 Å². The van der Waals surface area contributed by atoms with Crippen molar-refractivity contribution >= 4 is 11.8 Å². The molecule has 5 heteroatoms. The first kappa shape index (κ1) is 16.0. The molecular weight excluding hydrogens is 316 g/mol. The van der Waals surface area contributed by atoms with Crippen molar-refractivity contribution in [3.8, 4) is 0 Å². The summed E-state index contributed by atoms with van der Waals surface area (Å²) < 4.78 is 0. The fourth-order valence-corrected chi connectivity index (χ4v) is 3.44. The average Bonchev–Trinajstić information content (AvgIpc) is 3.21. The summed E-state index contributed by atoms with van der Waals surface area (Å²) in [5, 5.41) is 13.7. The fraction of sp³-hybridized carbons (Fsp3) is 0.300. The van der Waals surface area contributed by atoms with Crippen molar-refractivity contribution in [3.63, 3.8) is 0 Å². The Labute approximate surface area is 146 Å². The first-order valence-electron chi connectivity index (χ1n) is 8.55. The molecule has 5 nitrogen and oxygen atoms in total. The highest BCUT2D eigenvalue weighted by molar-refractivity contribution is 6.21. The number of nitrogens with zero attached hydrogens (tertiary/aromatic N) is 1. The van der Waals surface area contributed by atoms with Gasteiger partial charge in [-0.2, -0.15) is 0 Å². The Morgan fingerprint density at radius 1 is 1.00 bits per heavy atom. The van der Waals surface area contributed by atoms with Crippen molar-refractivity contribution in [2.24, 2.45) is 5.92 Å². The van der Waals surface area contributed by atoms with Crippen LogP contribution < -0.4 is 5.32 Å². The lowest BCUT2D eigenvalue weighted by Gasteiger charge is -2.17. The van der Waals surface area contributed by atoms with Crippen LogP contribution >= 0.6 is 0 Å². The van der Waals surface area contributed by atoms with Crippen molar-refractivity contribution in [2.45, 2.75) is 18.6 Å². The van der Waals surface area contributed by atoms with Gasteiger partial charge in [0.15, 0.2) is 0 Å². The van der Waals surface area contributed by atoms with Crippen LogP contribution in [0.1, 0.15) is 32.7 Å². The number of aliphatic hydroxyl groups is 1. The van der Waals surface area contributed by atoms with Gasteiger partial charge < -0.3 is 5.11 Å². The van der Waals surface area contributed by atoms with E-state index in [1.54, 1.807) is 24.3 Å². The molecule has 2 atom stereocenters. The summed E-state index contributed by atoms with van der Waals surface area (Å²) in [6.45, 7) is 0.903. The monoisotopic (exact) mass is 336 g/mol. The Hall–Kier alpha value is -2.50. The summed E-state index contributed by atoms with van der Waals surface area (Å²) in [5.74, 6) is -0.649. The Bertz CT molecular complexity index is 786. The zero-order valence-electron chi connectivity index (χ0n) is 13.8. The van der Waals surface area contributed by atoms with Crippen LogP contribution in [0.15, 0.2) is 54.6 Å². The molecule has 1 aliphatic heterocycles. The van der Waals surface area contributed by atoms with Gasteiger partial charge in [0, 0.05) is 19.0 Å². The van der Waals surface area contributed by atoms with Crippen LogP contribution in [0, 0.1) is 5.92 Å². The largest absolute Gasteiger partial charge is 0.375 e. The molecule has 1 heterocycles. The van der Waals surface area contributed by atoms with Crippen LogP contribution in [0.5, 0.6) is 0 Å². The summed E-state index contributed by atoms with van der Waals surface area (Å²) in [6, 6.07) is 16.9. The molecule has 25 heavy (non-hydrogen) atoms. The number of fused-ring (bicyclic) bond motifs is 1. The lowest BCUT2D eigenvalue weighted by molar-refractivity contribution is 0.0582. The van der Waals surface area contributed by atoms with Gasteiger partial charge in [-0.1, -0.05) is 42.5 Å². The Balaban J connectivity index is 1.33. The second-order valence-electron chi connectivity index (χ2n) is 6.75. The molecule has 1 fully saturated rings. The SMILES string of the molecule is O=C1c2ccccc2C(=O)N1CC1CC1(O)NCCc1ccccc1. The van der Waals surface area contributed by atoms with Gasteiger partial charge >= 0.3 is 0 Å². The van der Waals surface area contributed by atoms with Crippen LogP contribution in [0.4, 0.5) is 0 Å². The zero-order chi connectivity index (χ0) is 17.4. The third-order valence-electron chi connectivity index (χ3n) is 5.04. The van der Waals surface area contributed by atoms with E-state index < -0.39 is 5.72 Å². The number of carbonyl (C=O) groups is 2. The number of nitrogens with one attached hydrogen (secondary N) is 1. The van der Waals surface area contributed by atoms with Gasteiger partial charge in [0.2, 0.25) is 0 Å². The van der Waals surface area contributed by atoms with Gasteiger partial charge in [0.1, 0.15) is 5.72 Å². The second-order valence-corrected chi connectivity index (χ2v) is 6.75.